The Morgan fingerprint density at radius 2 is 1.88 bits per heavy atom. The normalized spacial score (nSPS) is 17.0. The summed E-state index contributed by atoms with van der Waals surface area (Å²) in [6.07, 6.45) is 2.46. The number of aryl methyl sites for hydroxylation is 2. The maximum Gasteiger partial charge on any atom is 0.336 e. The van der Waals surface area contributed by atoms with Crippen LogP contribution in [-0.2, 0) is 6.54 Å². The third-order valence-corrected chi connectivity index (χ3v) is 4.98. The highest BCUT2D eigenvalue weighted by molar-refractivity contribution is 5.83. The van der Waals surface area contributed by atoms with Gasteiger partial charge in [0, 0.05) is 24.5 Å². The first-order chi connectivity index (χ1) is 11.4. The van der Waals surface area contributed by atoms with Gasteiger partial charge in [-0.1, -0.05) is 6.07 Å². The fourth-order valence-corrected chi connectivity index (χ4v) is 3.89. The molecule has 1 fully saturated rings. The van der Waals surface area contributed by atoms with Gasteiger partial charge in [0.15, 0.2) is 0 Å². The minimum absolute atomic E-state index is 0.244. The lowest BCUT2D eigenvalue weighted by Gasteiger charge is -2.33. The molecule has 1 aliphatic rings. The second kappa shape index (κ2) is 7.08. The van der Waals surface area contributed by atoms with Crippen molar-refractivity contribution >= 4 is 11.0 Å². The monoisotopic (exact) mass is 328 g/mol. The summed E-state index contributed by atoms with van der Waals surface area (Å²) >= 11 is 0. The molecule has 130 valence electrons. The molecule has 0 saturated carbocycles. The number of hydrogen-bond acceptors (Lipinski definition) is 4. The van der Waals surface area contributed by atoms with Crippen molar-refractivity contribution in [3.63, 3.8) is 0 Å². The van der Waals surface area contributed by atoms with Gasteiger partial charge in [-0.25, -0.2) is 4.79 Å². The van der Waals surface area contributed by atoms with Crippen LogP contribution in [-0.4, -0.2) is 43.5 Å². The smallest absolute Gasteiger partial charge is 0.336 e. The van der Waals surface area contributed by atoms with Crippen LogP contribution in [0.25, 0.3) is 11.0 Å². The first-order valence-corrected chi connectivity index (χ1v) is 8.83. The minimum atomic E-state index is -0.244. The van der Waals surface area contributed by atoms with E-state index in [1.54, 1.807) is 6.07 Å². The van der Waals surface area contributed by atoms with E-state index in [0.29, 0.717) is 0 Å². The van der Waals surface area contributed by atoms with Crippen molar-refractivity contribution in [2.75, 3.05) is 33.7 Å². The quantitative estimate of drug-likeness (QED) is 0.808. The topological polar surface area (TPSA) is 36.7 Å². The zero-order valence-electron chi connectivity index (χ0n) is 15.3. The maximum absolute atomic E-state index is 12.0. The lowest BCUT2D eigenvalue weighted by atomic mass is 9.95. The number of likely N-dealkylation sites (tertiary alicyclic amines) is 1. The summed E-state index contributed by atoms with van der Waals surface area (Å²) in [5.74, 6) is 0.790. The van der Waals surface area contributed by atoms with Crippen molar-refractivity contribution in [3.05, 3.63) is 45.3 Å². The number of fused-ring (bicyclic) bond motifs is 1. The molecule has 0 aliphatic carbocycles. The van der Waals surface area contributed by atoms with Crippen LogP contribution in [0.3, 0.4) is 0 Å². The van der Waals surface area contributed by atoms with Crippen LogP contribution in [0.5, 0.6) is 0 Å². The molecule has 1 aliphatic heterocycles. The van der Waals surface area contributed by atoms with Gasteiger partial charge in [-0.3, -0.25) is 4.90 Å². The van der Waals surface area contributed by atoms with Gasteiger partial charge < -0.3 is 9.32 Å². The van der Waals surface area contributed by atoms with Crippen LogP contribution in [0.15, 0.2) is 27.4 Å². The molecule has 3 rings (SSSR count). The van der Waals surface area contributed by atoms with Gasteiger partial charge in [-0.15, -0.1) is 0 Å². The number of benzene rings is 1. The van der Waals surface area contributed by atoms with Crippen LogP contribution >= 0.6 is 0 Å². The molecule has 24 heavy (non-hydrogen) atoms. The summed E-state index contributed by atoms with van der Waals surface area (Å²) in [7, 11) is 4.29. The Labute approximate surface area is 144 Å². The second-order valence-corrected chi connectivity index (χ2v) is 7.53. The van der Waals surface area contributed by atoms with E-state index in [1.165, 1.54) is 24.9 Å². The molecule has 0 N–H and O–H groups in total. The standard InChI is InChI=1S/C20H28N2O2/c1-14-9-15(2)20-18(10-14)17(11-19(23)24-20)13-22-7-5-16(6-8-22)12-21(3)4/h9-11,16H,5-8,12-13H2,1-4H3. The number of hydrogen-bond donors (Lipinski definition) is 0. The fourth-order valence-electron chi connectivity index (χ4n) is 3.89. The third-order valence-electron chi connectivity index (χ3n) is 4.98. The molecule has 1 aromatic carbocycles. The molecular formula is C20H28N2O2. The van der Waals surface area contributed by atoms with Gasteiger partial charge in [-0.2, -0.15) is 0 Å². The van der Waals surface area contributed by atoms with E-state index in [4.69, 9.17) is 4.42 Å². The molecule has 0 atom stereocenters. The molecule has 0 radical (unpaired) electrons. The average molecular weight is 328 g/mol. The van der Waals surface area contributed by atoms with E-state index < -0.39 is 0 Å². The van der Waals surface area contributed by atoms with Gasteiger partial charge in [0.2, 0.25) is 0 Å². The molecule has 1 saturated heterocycles. The number of rotatable bonds is 4. The Morgan fingerprint density at radius 1 is 1.17 bits per heavy atom. The van der Waals surface area contributed by atoms with Gasteiger partial charge in [-0.05, 0) is 82.5 Å². The fraction of sp³-hybridized carbons (Fsp3) is 0.550. The molecule has 0 bridgehead atoms. The van der Waals surface area contributed by atoms with E-state index in [1.807, 2.05) is 6.92 Å². The summed E-state index contributed by atoms with van der Waals surface area (Å²) < 4.78 is 5.46. The highest BCUT2D eigenvalue weighted by atomic mass is 16.4. The van der Waals surface area contributed by atoms with Crippen LogP contribution < -0.4 is 5.63 Å². The Hall–Kier alpha value is -1.65. The summed E-state index contributed by atoms with van der Waals surface area (Å²) in [6, 6.07) is 5.88. The molecule has 2 aromatic rings. The van der Waals surface area contributed by atoms with Crippen molar-refractivity contribution in [2.45, 2.75) is 33.2 Å². The number of nitrogens with zero attached hydrogens (tertiary/aromatic N) is 2. The molecule has 4 nitrogen and oxygen atoms in total. The molecular weight excluding hydrogens is 300 g/mol. The molecule has 0 spiro atoms. The van der Waals surface area contributed by atoms with Crippen molar-refractivity contribution in [1.29, 1.82) is 0 Å². The molecule has 1 aromatic heterocycles. The van der Waals surface area contributed by atoms with Crippen molar-refractivity contribution in [2.24, 2.45) is 5.92 Å². The van der Waals surface area contributed by atoms with Crippen LogP contribution in [0.2, 0.25) is 0 Å². The predicted octanol–water partition coefficient (Wildman–Crippen LogP) is 3.18. The third kappa shape index (κ3) is 3.87. The van der Waals surface area contributed by atoms with Crippen LogP contribution in [0.1, 0.15) is 29.5 Å². The number of piperidine rings is 1. The Kier molecular flexibility index (Phi) is 5.07. The lowest BCUT2D eigenvalue weighted by Crippen LogP contribution is -2.36. The maximum atomic E-state index is 12.0. The molecule has 4 heteroatoms. The SMILES string of the molecule is Cc1cc(C)c2oc(=O)cc(CN3CCC(CN(C)C)CC3)c2c1. The zero-order valence-corrected chi connectivity index (χ0v) is 15.3. The Balaban J connectivity index is 1.80. The van der Waals surface area contributed by atoms with Gasteiger partial charge in [0.25, 0.3) is 0 Å². The van der Waals surface area contributed by atoms with Crippen LogP contribution in [0, 0.1) is 19.8 Å². The minimum Gasteiger partial charge on any atom is -0.422 e. The highest BCUT2D eigenvalue weighted by Gasteiger charge is 2.21. The van der Waals surface area contributed by atoms with Crippen molar-refractivity contribution in [3.8, 4) is 0 Å². The predicted molar refractivity (Wildman–Crippen MR) is 98.5 cm³/mol. The van der Waals surface area contributed by atoms with E-state index in [9.17, 15) is 4.79 Å². The van der Waals surface area contributed by atoms with E-state index in [-0.39, 0.29) is 5.63 Å². The second-order valence-electron chi connectivity index (χ2n) is 7.53. The van der Waals surface area contributed by atoms with E-state index in [2.05, 4.69) is 43.0 Å². The van der Waals surface area contributed by atoms with E-state index in [0.717, 1.165) is 47.6 Å². The molecule has 0 unspecified atom stereocenters. The highest BCUT2D eigenvalue weighted by Crippen LogP contribution is 2.25. The molecule has 0 amide bonds. The van der Waals surface area contributed by atoms with Gasteiger partial charge >= 0.3 is 5.63 Å². The largest absolute Gasteiger partial charge is 0.422 e. The summed E-state index contributed by atoms with van der Waals surface area (Å²) in [5, 5.41) is 1.09. The Bertz CT molecular complexity index is 771. The van der Waals surface area contributed by atoms with E-state index >= 15 is 0 Å². The van der Waals surface area contributed by atoms with Gasteiger partial charge in [0.05, 0.1) is 0 Å². The first kappa shape index (κ1) is 17.2. The average Bonchev–Trinajstić information content (AvgIpc) is 2.50. The zero-order chi connectivity index (χ0) is 17.3. The van der Waals surface area contributed by atoms with Crippen LogP contribution in [0.4, 0.5) is 0 Å². The molecule has 2 heterocycles. The lowest BCUT2D eigenvalue weighted by molar-refractivity contribution is 0.157. The van der Waals surface area contributed by atoms with Crippen molar-refractivity contribution in [1.82, 2.24) is 9.80 Å². The summed E-state index contributed by atoms with van der Waals surface area (Å²) in [5.41, 5.74) is 3.84. The first-order valence-electron chi connectivity index (χ1n) is 8.83. The summed E-state index contributed by atoms with van der Waals surface area (Å²) in [6.45, 7) is 8.31. The summed E-state index contributed by atoms with van der Waals surface area (Å²) in [4.78, 5) is 16.7. The van der Waals surface area contributed by atoms with Gasteiger partial charge in [0.1, 0.15) is 5.58 Å². The Morgan fingerprint density at radius 3 is 2.54 bits per heavy atom. The van der Waals surface area contributed by atoms with Crippen molar-refractivity contribution < 1.29 is 4.42 Å².